The minimum atomic E-state index is -0.935. The molecule has 17 heavy (non-hydrogen) atoms. The maximum atomic E-state index is 13.1. The lowest BCUT2D eigenvalue weighted by Gasteiger charge is -2.13. The molecule has 2 aromatic rings. The Morgan fingerprint density at radius 1 is 1.18 bits per heavy atom. The number of hydrogen-bond donors (Lipinski definition) is 1. The van der Waals surface area contributed by atoms with Crippen molar-refractivity contribution in [3.63, 3.8) is 0 Å². The van der Waals surface area contributed by atoms with Crippen molar-refractivity contribution in [2.45, 2.75) is 6.10 Å². The van der Waals surface area contributed by atoms with E-state index in [-0.39, 0.29) is 5.82 Å². The summed E-state index contributed by atoms with van der Waals surface area (Å²) in [6.07, 6.45) is -0.935. The van der Waals surface area contributed by atoms with Gasteiger partial charge in [0.25, 0.3) is 0 Å². The van der Waals surface area contributed by atoms with Gasteiger partial charge < -0.3 is 5.11 Å². The Balaban J connectivity index is 2.43. The number of benzene rings is 2. The van der Waals surface area contributed by atoms with Crippen LogP contribution in [0.2, 0.25) is 5.02 Å². The first-order valence-corrected chi connectivity index (χ1v) is 6.13. The Bertz CT molecular complexity index is 545. The molecule has 0 aliphatic rings. The smallest absolute Gasteiger partial charge is 0.123 e. The van der Waals surface area contributed by atoms with E-state index < -0.39 is 6.10 Å². The third kappa shape index (κ3) is 2.86. The highest BCUT2D eigenvalue weighted by Crippen LogP contribution is 2.30. The van der Waals surface area contributed by atoms with Gasteiger partial charge in [0, 0.05) is 15.1 Å². The zero-order chi connectivity index (χ0) is 12.4. The lowest BCUT2D eigenvalue weighted by atomic mass is 10.0. The maximum absolute atomic E-state index is 13.1. The van der Waals surface area contributed by atoms with E-state index in [4.69, 9.17) is 11.6 Å². The summed E-state index contributed by atoms with van der Waals surface area (Å²) in [7, 11) is 0. The minimum Gasteiger partial charge on any atom is -0.384 e. The minimum absolute atomic E-state index is 0.382. The van der Waals surface area contributed by atoms with Gasteiger partial charge in [0.1, 0.15) is 11.9 Å². The summed E-state index contributed by atoms with van der Waals surface area (Å²) in [4.78, 5) is 0. The van der Waals surface area contributed by atoms with Crippen LogP contribution in [0.15, 0.2) is 46.9 Å². The molecule has 0 aliphatic carbocycles. The highest BCUT2D eigenvalue weighted by Gasteiger charge is 2.14. The first kappa shape index (κ1) is 12.6. The average molecular weight is 316 g/mol. The first-order chi connectivity index (χ1) is 8.08. The van der Waals surface area contributed by atoms with E-state index in [0.29, 0.717) is 16.1 Å². The van der Waals surface area contributed by atoms with Gasteiger partial charge in [-0.2, -0.15) is 0 Å². The van der Waals surface area contributed by atoms with Crippen LogP contribution in [0.5, 0.6) is 0 Å². The highest BCUT2D eigenvalue weighted by atomic mass is 79.9. The van der Waals surface area contributed by atoms with Crippen molar-refractivity contribution in [2.24, 2.45) is 0 Å². The zero-order valence-electron chi connectivity index (χ0n) is 8.70. The van der Waals surface area contributed by atoms with E-state index in [1.165, 1.54) is 12.1 Å². The lowest BCUT2D eigenvalue weighted by molar-refractivity contribution is 0.220. The fourth-order valence-electron chi connectivity index (χ4n) is 1.58. The molecule has 0 fully saturated rings. The fourth-order valence-corrected chi connectivity index (χ4v) is 2.18. The van der Waals surface area contributed by atoms with E-state index in [9.17, 15) is 9.50 Å². The summed E-state index contributed by atoms with van der Waals surface area (Å²) in [5.41, 5.74) is 1.02. The number of aliphatic hydroxyl groups is 1. The van der Waals surface area contributed by atoms with Gasteiger partial charge >= 0.3 is 0 Å². The Kier molecular flexibility index (Phi) is 3.82. The van der Waals surface area contributed by atoms with E-state index in [0.717, 1.165) is 4.47 Å². The number of rotatable bonds is 2. The van der Waals surface area contributed by atoms with Crippen molar-refractivity contribution in [1.29, 1.82) is 0 Å². The molecule has 1 unspecified atom stereocenters. The van der Waals surface area contributed by atoms with Crippen molar-refractivity contribution in [3.8, 4) is 0 Å². The summed E-state index contributed by atoms with van der Waals surface area (Å²) >= 11 is 9.31. The molecule has 4 heteroatoms. The summed E-state index contributed by atoms with van der Waals surface area (Å²) in [6.45, 7) is 0. The van der Waals surface area contributed by atoms with Crippen molar-refractivity contribution >= 4 is 27.5 Å². The quantitative estimate of drug-likeness (QED) is 0.875. The van der Waals surface area contributed by atoms with Crippen molar-refractivity contribution in [2.75, 3.05) is 0 Å². The van der Waals surface area contributed by atoms with E-state index in [2.05, 4.69) is 15.9 Å². The van der Waals surface area contributed by atoms with Gasteiger partial charge in [-0.05, 0) is 35.9 Å². The van der Waals surface area contributed by atoms with Crippen LogP contribution >= 0.6 is 27.5 Å². The Morgan fingerprint density at radius 2 is 1.94 bits per heavy atom. The predicted molar refractivity (Wildman–Crippen MR) is 69.6 cm³/mol. The maximum Gasteiger partial charge on any atom is 0.123 e. The molecule has 0 radical (unpaired) electrons. The van der Waals surface area contributed by atoms with Crippen LogP contribution < -0.4 is 0 Å². The SMILES string of the molecule is OC(c1cccc(F)c1)c1cc(Br)ccc1Cl. The largest absolute Gasteiger partial charge is 0.384 e. The Labute approximate surface area is 112 Å². The average Bonchev–Trinajstić information content (AvgIpc) is 2.31. The molecule has 0 saturated heterocycles. The Morgan fingerprint density at radius 3 is 2.65 bits per heavy atom. The number of aliphatic hydroxyl groups excluding tert-OH is 1. The number of hydrogen-bond acceptors (Lipinski definition) is 1. The number of halogens is 3. The summed E-state index contributed by atoms with van der Waals surface area (Å²) in [5.74, 6) is -0.382. The standard InChI is InChI=1S/C13H9BrClFO/c14-9-4-5-12(15)11(7-9)13(17)8-2-1-3-10(16)6-8/h1-7,13,17H. The molecule has 1 N–H and O–H groups in total. The molecule has 0 saturated carbocycles. The Hall–Kier alpha value is -0.900. The monoisotopic (exact) mass is 314 g/mol. The molecule has 88 valence electrons. The molecule has 2 aromatic carbocycles. The van der Waals surface area contributed by atoms with Gasteiger partial charge in [0.15, 0.2) is 0 Å². The van der Waals surface area contributed by atoms with Crippen molar-refractivity contribution in [3.05, 3.63) is 68.9 Å². The van der Waals surface area contributed by atoms with Crippen LogP contribution in [0.4, 0.5) is 4.39 Å². The van der Waals surface area contributed by atoms with Gasteiger partial charge in [-0.25, -0.2) is 4.39 Å². The highest BCUT2D eigenvalue weighted by molar-refractivity contribution is 9.10. The van der Waals surface area contributed by atoms with E-state index >= 15 is 0 Å². The molecule has 0 bridgehead atoms. The molecule has 2 rings (SSSR count). The van der Waals surface area contributed by atoms with Crippen LogP contribution in [-0.4, -0.2) is 5.11 Å². The summed E-state index contributed by atoms with van der Waals surface area (Å²) < 4.78 is 13.9. The van der Waals surface area contributed by atoms with Crippen LogP contribution in [0.25, 0.3) is 0 Å². The predicted octanol–water partition coefficient (Wildman–Crippen LogP) is 4.32. The van der Waals surface area contributed by atoms with Crippen LogP contribution in [0.3, 0.4) is 0 Å². The normalized spacial score (nSPS) is 12.5. The molecule has 1 atom stereocenters. The van der Waals surface area contributed by atoms with E-state index in [1.54, 1.807) is 30.3 Å². The third-order valence-corrected chi connectivity index (χ3v) is 3.25. The molecule has 0 aromatic heterocycles. The van der Waals surface area contributed by atoms with Crippen LogP contribution in [0, 0.1) is 5.82 Å². The first-order valence-electron chi connectivity index (χ1n) is 4.96. The van der Waals surface area contributed by atoms with Gasteiger partial charge in [-0.15, -0.1) is 0 Å². The van der Waals surface area contributed by atoms with Crippen molar-refractivity contribution in [1.82, 2.24) is 0 Å². The molecule has 0 spiro atoms. The molecule has 1 nitrogen and oxygen atoms in total. The van der Waals surface area contributed by atoms with Crippen LogP contribution in [-0.2, 0) is 0 Å². The van der Waals surface area contributed by atoms with Gasteiger partial charge in [-0.1, -0.05) is 39.7 Å². The van der Waals surface area contributed by atoms with E-state index in [1.807, 2.05) is 0 Å². The van der Waals surface area contributed by atoms with Crippen molar-refractivity contribution < 1.29 is 9.50 Å². The lowest BCUT2D eigenvalue weighted by Crippen LogP contribution is -2.01. The fraction of sp³-hybridized carbons (Fsp3) is 0.0769. The van der Waals surface area contributed by atoms with Gasteiger partial charge in [0.05, 0.1) is 0 Å². The molecular weight excluding hydrogens is 306 g/mol. The molecule has 0 aliphatic heterocycles. The third-order valence-electron chi connectivity index (χ3n) is 2.42. The van der Waals surface area contributed by atoms with Gasteiger partial charge in [-0.3, -0.25) is 0 Å². The second-order valence-corrected chi connectivity index (χ2v) is 4.95. The molecule has 0 amide bonds. The zero-order valence-corrected chi connectivity index (χ0v) is 11.0. The summed E-state index contributed by atoms with van der Waals surface area (Å²) in [5, 5.41) is 10.6. The summed E-state index contributed by atoms with van der Waals surface area (Å²) in [6, 6.07) is 11.0. The van der Waals surface area contributed by atoms with Crippen LogP contribution in [0.1, 0.15) is 17.2 Å². The molecular formula is C13H9BrClFO. The topological polar surface area (TPSA) is 20.2 Å². The molecule has 0 heterocycles. The second-order valence-electron chi connectivity index (χ2n) is 3.62. The second kappa shape index (κ2) is 5.17. The van der Waals surface area contributed by atoms with Gasteiger partial charge in [0.2, 0.25) is 0 Å².